The molecular weight excluding hydrogens is 1040 g/mol. The van der Waals surface area contributed by atoms with Crippen molar-refractivity contribution in [1.82, 2.24) is 0 Å². The molecule has 0 heterocycles. The Morgan fingerprint density at radius 2 is 0.316 bits per heavy atom. The summed E-state index contributed by atoms with van der Waals surface area (Å²) in [6, 6.07) is 63.6. The summed E-state index contributed by atoms with van der Waals surface area (Å²) in [6.45, 7) is 0. The minimum atomic E-state index is -1.34. The summed E-state index contributed by atoms with van der Waals surface area (Å²) in [6.07, 6.45) is 1.68. The van der Waals surface area contributed by atoms with E-state index in [0.717, 1.165) is 75.8 Å². The standard InChI is InChI=1S/C64H46F8P4/c65-47-7-23-55(24-8-47)73(56-25-9-48(66)10-26-56)39-43-3-1-4-44(40-74(57-27-11-49(67)12-28-57)58-29-13-50(68)14-30-58)63(43)64-45(41-75(59-31-15-51(69)16-32-59)60-33-17-52(70)18-34-60)5-2-6-46(64)42-76(61-35-19-53(71)20-36-61)62-37-21-54(72)22-38-62/h1-38H,39-42H2. The van der Waals surface area contributed by atoms with Gasteiger partial charge in [0.25, 0.3) is 0 Å². The smallest absolute Gasteiger partial charge is 0.123 e. The zero-order valence-electron chi connectivity index (χ0n) is 40.6. The predicted molar refractivity (Wildman–Crippen MR) is 303 cm³/mol. The van der Waals surface area contributed by atoms with E-state index in [2.05, 4.69) is 24.3 Å². The highest BCUT2D eigenvalue weighted by Gasteiger charge is 2.28. The maximum Gasteiger partial charge on any atom is 0.123 e. The summed E-state index contributed by atoms with van der Waals surface area (Å²) in [5.41, 5.74) is 5.53. The summed E-state index contributed by atoms with van der Waals surface area (Å²) in [5, 5.41) is 6.89. The van der Waals surface area contributed by atoms with Gasteiger partial charge in [0.2, 0.25) is 0 Å². The first-order valence-corrected chi connectivity index (χ1v) is 30.4. The lowest BCUT2D eigenvalue weighted by Crippen LogP contribution is -2.17. The molecule has 0 aliphatic heterocycles. The molecule has 0 nitrogen and oxygen atoms in total. The molecule has 0 unspecified atom stereocenters. The monoisotopic (exact) mass is 1090 g/mol. The topological polar surface area (TPSA) is 0 Å². The minimum absolute atomic E-state index is 0.397. The van der Waals surface area contributed by atoms with Crippen molar-refractivity contribution in [2.45, 2.75) is 24.6 Å². The number of hydrogen-bond donors (Lipinski definition) is 0. The van der Waals surface area contributed by atoms with Gasteiger partial charge in [-0.15, -0.1) is 0 Å². The summed E-state index contributed by atoms with van der Waals surface area (Å²) in [4.78, 5) is 0. The van der Waals surface area contributed by atoms with Gasteiger partial charge in [-0.25, -0.2) is 35.1 Å². The SMILES string of the molecule is Fc1ccc(P(Cc2cccc(CP(c3ccc(F)cc3)c3ccc(F)cc3)c2-c2c(CP(c3ccc(F)cc3)c3ccc(F)cc3)cccc2CP(c2ccc(F)cc2)c2ccc(F)cc2)c2ccc(F)cc2)cc1. The summed E-state index contributed by atoms with van der Waals surface area (Å²) in [5.74, 6) is -3.17. The summed E-state index contributed by atoms with van der Waals surface area (Å²) >= 11 is 0. The third-order valence-corrected chi connectivity index (χ3v) is 23.1. The molecule has 0 fully saturated rings. The zero-order valence-corrected chi connectivity index (χ0v) is 44.2. The van der Waals surface area contributed by atoms with E-state index >= 15 is 0 Å². The quantitative estimate of drug-likeness (QED) is 0.0630. The van der Waals surface area contributed by atoms with E-state index in [4.69, 9.17) is 0 Å². The Bertz CT molecular complexity index is 2890. The van der Waals surface area contributed by atoms with E-state index in [1.165, 1.54) is 97.1 Å². The van der Waals surface area contributed by atoms with Gasteiger partial charge in [-0.3, -0.25) is 0 Å². The Morgan fingerprint density at radius 3 is 0.447 bits per heavy atom. The molecule has 0 saturated heterocycles. The van der Waals surface area contributed by atoms with Crippen LogP contribution in [0.4, 0.5) is 35.1 Å². The Kier molecular flexibility index (Phi) is 16.8. The molecule has 76 heavy (non-hydrogen) atoms. The Morgan fingerprint density at radius 1 is 0.184 bits per heavy atom. The molecule has 0 aromatic heterocycles. The third kappa shape index (κ3) is 12.6. The van der Waals surface area contributed by atoms with Crippen LogP contribution >= 0.6 is 31.7 Å². The van der Waals surface area contributed by atoms with E-state index in [0.29, 0.717) is 24.6 Å². The number of benzene rings is 10. The molecular formula is C64H46F8P4. The first-order valence-electron chi connectivity index (χ1n) is 24.3. The third-order valence-electron chi connectivity index (χ3n) is 13.1. The lowest BCUT2D eigenvalue weighted by atomic mass is 9.89. The molecule has 0 N–H and O–H groups in total. The van der Waals surface area contributed by atoms with Gasteiger partial charge in [-0.2, -0.15) is 0 Å². The van der Waals surface area contributed by atoms with Crippen LogP contribution in [0.1, 0.15) is 22.3 Å². The molecule has 0 radical (unpaired) electrons. The molecule has 0 saturated carbocycles. The molecule has 0 aliphatic carbocycles. The first kappa shape index (κ1) is 52.8. The first-order chi connectivity index (χ1) is 36.9. The zero-order chi connectivity index (χ0) is 52.7. The van der Waals surface area contributed by atoms with Crippen LogP contribution in [0.25, 0.3) is 11.1 Å². The van der Waals surface area contributed by atoms with E-state index in [9.17, 15) is 35.1 Å². The fourth-order valence-corrected chi connectivity index (χ4v) is 18.6. The van der Waals surface area contributed by atoms with Gasteiger partial charge in [-0.05, 0) is 205 Å². The largest absolute Gasteiger partial charge is 0.207 e. The molecule has 10 rings (SSSR count). The Balaban J connectivity index is 1.26. The van der Waals surface area contributed by atoms with E-state index < -0.39 is 78.2 Å². The number of hydrogen-bond acceptors (Lipinski definition) is 0. The molecule has 0 bridgehead atoms. The van der Waals surface area contributed by atoms with Crippen molar-refractivity contribution in [3.8, 4) is 11.1 Å². The van der Waals surface area contributed by atoms with Crippen LogP contribution in [0.5, 0.6) is 0 Å². The highest BCUT2D eigenvalue weighted by molar-refractivity contribution is 7.73. The minimum Gasteiger partial charge on any atom is -0.207 e. The highest BCUT2D eigenvalue weighted by atomic mass is 31.1. The van der Waals surface area contributed by atoms with Gasteiger partial charge in [0, 0.05) is 24.6 Å². The van der Waals surface area contributed by atoms with Crippen LogP contribution < -0.4 is 42.4 Å². The van der Waals surface area contributed by atoms with Gasteiger partial charge in [0.1, 0.15) is 46.5 Å². The van der Waals surface area contributed by atoms with Crippen LogP contribution in [0.15, 0.2) is 231 Å². The van der Waals surface area contributed by atoms with Crippen molar-refractivity contribution < 1.29 is 35.1 Å². The molecule has 378 valence electrons. The average molecular weight is 1090 g/mol. The van der Waals surface area contributed by atoms with E-state index in [1.54, 1.807) is 97.1 Å². The molecule has 0 atom stereocenters. The van der Waals surface area contributed by atoms with Gasteiger partial charge in [-0.1, -0.05) is 133 Å². The lowest BCUT2D eigenvalue weighted by molar-refractivity contribution is 0.627. The molecule has 12 heteroatoms. The number of halogens is 8. The molecule has 10 aromatic carbocycles. The van der Waals surface area contributed by atoms with Crippen LogP contribution in [0.2, 0.25) is 0 Å². The summed E-state index contributed by atoms with van der Waals surface area (Å²) in [7, 11) is -5.37. The molecule has 10 aromatic rings. The van der Waals surface area contributed by atoms with Crippen molar-refractivity contribution in [2.75, 3.05) is 0 Å². The molecule has 0 aliphatic rings. The second kappa shape index (κ2) is 24.1. The molecule has 0 amide bonds. The van der Waals surface area contributed by atoms with Crippen molar-refractivity contribution >= 4 is 74.1 Å². The van der Waals surface area contributed by atoms with Crippen LogP contribution in [-0.2, 0) is 24.6 Å². The Hall–Kier alpha value is -6.64. The lowest BCUT2D eigenvalue weighted by Gasteiger charge is -2.29. The van der Waals surface area contributed by atoms with Gasteiger partial charge < -0.3 is 0 Å². The average Bonchev–Trinajstić information content (AvgIpc) is 3.46. The van der Waals surface area contributed by atoms with E-state index in [-0.39, 0.29) is 0 Å². The molecule has 0 spiro atoms. The van der Waals surface area contributed by atoms with Crippen LogP contribution in [-0.4, -0.2) is 0 Å². The van der Waals surface area contributed by atoms with Gasteiger partial charge in [0.05, 0.1) is 0 Å². The maximum absolute atomic E-state index is 14.7. The maximum atomic E-state index is 14.7. The van der Waals surface area contributed by atoms with Gasteiger partial charge >= 0.3 is 0 Å². The Labute approximate surface area is 442 Å². The summed E-state index contributed by atoms with van der Waals surface area (Å²) < 4.78 is 118. The second-order valence-electron chi connectivity index (χ2n) is 18.1. The van der Waals surface area contributed by atoms with Crippen molar-refractivity contribution in [1.29, 1.82) is 0 Å². The number of rotatable bonds is 17. The highest BCUT2D eigenvalue weighted by Crippen LogP contribution is 2.51. The fraction of sp³-hybridized carbons (Fsp3) is 0.0625. The van der Waals surface area contributed by atoms with Crippen molar-refractivity contribution in [3.63, 3.8) is 0 Å². The normalized spacial score (nSPS) is 11.6. The van der Waals surface area contributed by atoms with Crippen LogP contribution in [0, 0.1) is 46.5 Å². The van der Waals surface area contributed by atoms with Crippen molar-refractivity contribution in [3.05, 3.63) is 299 Å². The second-order valence-corrected chi connectivity index (χ2v) is 26.9. The van der Waals surface area contributed by atoms with E-state index in [1.807, 2.05) is 12.1 Å². The van der Waals surface area contributed by atoms with Crippen LogP contribution in [0.3, 0.4) is 0 Å². The fourth-order valence-electron chi connectivity index (χ4n) is 9.45. The van der Waals surface area contributed by atoms with Crippen molar-refractivity contribution in [2.24, 2.45) is 0 Å². The predicted octanol–water partition coefficient (Wildman–Crippen LogP) is 15.0. The van der Waals surface area contributed by atoms with Gasteiger partial charge in [0.15, 0.2) is 0 Å².